The molecule has 1 saturated heterocycles. The number of nitrogens with one attached hydrogen (secondary N) is 1. The molecular weight excluding hydrogens is 386 g/mol. The molecule has 3 heterocycles. The minimum atomic E-state index is 0.741. The number of para-hydroxylation sites is 1. The standard InChI is InChI=1S/C24H27N7/c1-17-13-18(2)15-19(14-17)26-22-21-16-25-31(20-7-5-4-6-8-20)23(21)28-24(27-22)30-11-9-29(3)10-12-30/h4-8,13-16H,9-12H2,1-3H3,(H,26,27,28). The zero-order valence-electron chi connectivity index (χ0n) is 18.2. The van der Waals surface area contributed by atoms with Gasteiger partial charge in [0.25, 0.3) is 0 Å². The van der Waals surface area contributed by atoms with Crippen molar-refractivity contribution in [1.82, 2.24) is 24.6 Å². The van der Waals surface area contributed by atoms with E-state index in [9.17, 15) is 0 Å². The smallest absolute Gasteiger partial charge is 0.229 e. The van der Waals surface area contributed by atoms with Crippen molar-refractivity contribution in [3.8, 4) is 5.69 Å². The van der Waals surface area contributed by atoms with E-state index in [0.29, 0.717) is 0 Å². The lowest BCUT2D eigenvalue weighted by Crippen LogP contribution is -2.45. The minimum Gasteiger partial charge on any atom is -0.339 e. The van der Waals surface area contributed by atoms with Gasteiger partial charge in [0.1, 0.15) is 5.82 Å². The Morgan fingerprint density at radius 3 is 2.29 bits per heavy atom. The van der Waals surface area contributed by atoms with Crippen molar-refractivity contribution in [3.05, 3.63) is 65.9 Å². The van der Waals surface area contributed by atoms with Crippen molar-refractivity contribution in [2.75, 3.05) is 43.4 Å². The lowest BCUT2D eigenvalue weighted by molar-refractivity contribution is 0.311. The largest absolute Gasteiger partial charge is 0.339 e. The van der Waals surface area contributed by atoms with Crippen molar-refractivity contribution in [1.29, 1.82) is 0 Å². The van der Waals surface area contributed by atoms with E-state index in [-0.39, 0.29) is 0 Å². The van der Waals surface area contributed by atoms with Crippen LogP contribution in [0.1, 0.15) is 11.1 Å². The number of piperazine rings is 1. The van der Waals surface area contributed by atoms with Crippen LogP contribution < -0.4 is 10.2 Å². The predicted octanol–water partition coefficient (Wildman–Crippen LogP) is 3.93. The van der Waals surface area contributed by atoms with Gasteiger partial charge in [0.2, 0.25) is 5.95 Å². The number of aromatic nitrogens is 4. The maximum atomic E-state index is 4.95. The van der Waals surface area contributed by atoms with Gasteiger partial charge in [-0.2, -0.15) is 15.1 Å². The van der Waals surface area contributed by atoms with Gasteiger partial charge in [-0.3, -0.25) is 0 Å². The fraction of sp³-hybridized carbons (Fsp3) is 0.292. The quantitative estimate of drug-likeness (QED) is 0.547. The molecule has 0 saturated carbocycles. The van der Waals surface area contributed by atoms with E-state index >= 15 is 0 Å². The van der Waals surface area contributed by atoms with Gasteiger partial charge in [0.05, 0.1) is 17.3 Å². The molecule has 0 atom stereocenters. The van der Waals surface area contributed by atoms with Gasteiger partial charge in [0.15, 0.2) is 5.65 Å². The second kappa shape index (κ2) is 8.00. The van der Waals surface area contributed by atoms with E-state index in [1.54, 1.807) is 0 Å². The summed E-state index contributed by atoms with van der Waals surface area (Å²) in [5.41, 5.74) is 5.24. The predicted molar refractivity (Wildman–Crippen MR) is 126 cm³/mol. The first-order chi connectivity index (χ1) is 15.1. The molecule has 5 rings (SSSR count). The molecule has 158 valence electrons. The van der Waals surface area contributed by atoms with Crippen LogP contribution in [0.5, 0.6) is 0 Å². The molecule has 1 aliphatic rings. The average Bonchev–Trinajstić information content (AvgIpc) is 3.18. The first-order valence-electron chi connectivity index (χ1n) is 10.7. The summed E-state index contributed by atoms with van der Waals surface area (Å²) in [4.78, 5) is 14.5. The summed E-state index contributed by atoms with van der Waals surface area (Å²) in [5.74, 6) is 1.52. The summed E-state index contributed by atoms with van der Waals surface area (Å²) in [7, 11) is 2.15. The summed E-state index contributed by atoms with van der Waals surface area (Å²) >= 11 is 0. The van der Waals surface area contributed by atoms with Crippen LogP contribution >= 0.6 is 0 Å². The molecule has 7 nitrogen and oxygen atoms in total. The summed E-state index contributed by atoms with van der Waals surface area (Å²) in [6, 6.07) is 16.6. The Labute approximate surface area is 182 Å². The highest BCUT2D eigenvalue weighted by Gasteiger charge is 2.21. The SMILES string of the molecule is Cc1cc(C)cc(Nc2nc(N3CCN(C)CC3)nc3c2cnn3-c2ccccc2)c1. The fourth-order valence-corrected chi connectivity index (χ4v) is 4.08. The molecule has 1 N–H and O–H groups in total. The van der Waals surface area contributed by atoms with Gasteiger partial charge in [0, 0.05) is 31.9 Å². The Kier molecular flexibility index (Phi) is 5.03. The Hall–Kier alpha value is -3.45. The van der Waals surface area contributed by atoms with Crippen LogP contribution in [-0.2, 0) is 0 Å². The number of benzene rings is 2. The molecule has 0 aliphatic carbocycles. The normalized spacial score (nSPS) is 14.9. The molecule has 7 heteroatoms. The number of hydrogen-bond donors (Lipinski definition) is 1. The number of aryl methyl sites for hydroxylation is 2. The van der Waals surface area contributed by atoms with Crippen LogP contribution in [0.4, 0.5) is 17.5 Å². The van der Waals surface area contributed by atoms with Gasteiger partial charge >= 0.3 is 0 Å². The second-order valence-electron chi connectivity index (χ2n) is 8.29. The Balaban J connectivity index is 1.63. The maximum Gasteiger partial charge on any atom is 0.229 e. The highest BCUT2D eigenvalue weighted by atomic mass is 15.4. The van der Waals surface area contributed by atoms with Gasteiger partial charge in [-0.15, -0.1) is 0 Å². The van der Waals surface area contributed by atoms with Crippen LogP contribution in [0, 0.1) is 13.8 Å². The van der Waals surface area contributed by atoms with Crippen LogP contribution in [-0.4, -0.2) is 57.9 Å². The molecule has 1 fully saturated rings. The third kappa shape index (κ3) is 3.96. The second-order valence-corrected chi connectivity index (χ2v) is 8.29. The zero-order chi connectivity index (χ0) is 21.4. The van der Waals surface area contributed by atoms with Gasteiger partial charge in [-0.05, 0) is 56.3 Å². The van der Waals surface area contributed by atoms with E-state index in [1.165, 1.54) is 11.1 Å². The molecule has 0 bridgehead atoms. The maximum absolute atomic E-state index is 4.95. The van der Waals surface area contributed by atoms with E-state index in [0.717, 1.165) is 60.4 Å². The molecule has 1 aliphatic heterocycles. The number of rotatable bonds is 4. The molecule has 0 spiro atoms. The van der Waals surface area contributed by atoms with Crippen molar-refractivity contribution in [2.24, 2.45) is 0 Å². The lowest BCUT2D eigenvalue weighted by atomic mass is 10.1. The zero-order valence-corrected chi connectivity index (χ0v) is 18.2. The van der Waals surface area contributed by atoms with Crippen molar-refractivity contribution < 1.29 is 0 Å². The summed E-state index contributed by atoms with van der Waals surface area (Å²) < 4.78 is 1.89. The topological polar surface area (TPSA) is 62.1 Å². The average molecular weight is 414 g/mol. The van der Waals surface area contributed by atoms with Crippen molar-refractivity contribution in [2.45, 2.75) is 13.8 Å². The van der Waals surface area contributed by atoms with Crippen molar-refractivity contribution in [3.63, 3.8) is 0 Å². The number of nitrogens with zero attached hydrogens (tertiary/aromatic N) is 6. The van der Waals surface area contributed by atoms with E-state index in [4.69, 9.17) is 9.97 Å². The van der Waals surface area contributed by atoms with Gasteiger partial charge < -0.3 is 15.1 Å². The van der Waals surface area contributed by atoms with Gasteiger partial charge in [-0.1, -0.05) is 24.3 Å². The number of likely N-dealkylation sites (N-methyl/N-ethyl adjacent to an activating group) is 1. The molecule has 4 aromatic rings. The third-order valence-electron chi connectivity index (χ3n) is 5.69. The molecule has 0 radical (unpaired) electrons. The molecule has 0 amide bonds. The highest BCUT2D eigenvalue weighted by Crippen LogP contribution is 2.29. The molecule has 0 unspecified atom stereocenters. The highest BCUT2D eigenvalue weighted by molar-refractivity contribution is 5.90. The minimum absolute atomic E-state index is 0.741. The summed E-state index contributed by atoms with van der Waals surface area (Å²) in [6.45, 7) is 8.03. The molecule has 31 heavy (non-hydrogen) atoms. The Morgan fingerprint density at radius 2 is 1.58 bits per heavy atom. The lowest BCUT2D eigenvalue weighted by Gasteiger charge is -2.32. The third-order valence-corrected chi connectivity index (χ3v) is 5.69. The van der Waals surface area contributed by atoms with Crippen LogP contribution in [0.15, 0.2) is 54.7 Å². The number of hydrogen-bond acceptors (Lipinski definition) is 6. The number of fused-ring (bicyclic) bond motifs is 1. The summed E-state index contributed by atoms with van der Waals surface area (Å²) in [5, 5.41) is 9.09. The molecular formula is C24H27N7. The Bertz CT molecular complexity index is 1190. The van der Waals surface area contributed by atoms with E-state index < -0.39 is 0 Å². The van der Waals surface area contributed by atoms with E-state index in [1.807, 2.05) is 41.2 Å². The number of anilines is 3. The first-order valence-corrected chi connectivity index (χ1v) is 10.7. The van der Waals surface area contributed by atoms with Crippen LogP contribution in [0.25, 0.3) is 16.7 Å². The van der Waals surface area contributed by atoms with Crippen LogP contribution in [0.3, 0.4) is 0 Å². The first kappa shape index (κ1) is 19.5. The summed E-state index contributed by atoms with van der Waals surface area (Å²) in [6.07, 6.45) is 1.85. The molecule has 2 aromatic carbocycles. The fourth-order valence-electron chi connectivity index (χ4n) is 4.08. The Morgan fingerprint density at radius 1 is 0.871 bits per heavy atom. The van der Waals surface area contributed by atoms with E-state index in [2.05, 4.69) is 59.3 Å². The molecule has 2 aromatic heterocycles. The van der Waals surface area contributed by atoms with Crippen LogP contribution in [0.2, 0.25) is 0 Å². The van der Waals surface area contributed by atoms with Gasteiger partial charge in [-0.25, -0.2) is 4.68 Å². The van der Waals surface area contributed by atoms with Crippen molar-refractivity contribution >= 4 is 28.5 Å². The monoisotopic (exact) mass is 413 g/mol.